The lowest BCUT2D eigenvalue weighted by atomic mass is 10.0. The van der Waals surface area contributed by atoms with E-state index in [0.717, 1.165) is 30.8 Å². The molecule has 8 nitrogen and oxygen atoms in total. The molecule has 0 aliphatic carbocycles. The van der Waals surface area contributed by atoms with E-state index in [0.29, 0.717) is 23.6 Å². The predicted molar refractivity (Wildman–Crippen MR) is 108 cm³/mol. The van der Waals surface area contributed by atoms with Crippen LogP contribution < -0.4 is 21.1 Å². The van der Waals surface area contributed by atoms with Crippen LogP contribution in [0.1, 0.15) is 30.1 Å². The number of anilines is 3. The minimum atomic E-state index is -0.551. The van der Waals surface area contributed by atoms with Gasteiger partial charge in [0.2, 0.25) is 5.91 Å². The van der Waals surface area contributed by atoms with Gasteiger partial charge in [-0.05, 0) is 37.1 Å². The van der Waals surface area contributed by atoms with Crippen molar-refractivity contribution in [1.82, 2.24) is 9.88 Å². The van der Waals surface area contributed by atoms with E-state index in [9.17, 15) is 9.59 Å². The number of amides is 2. The van der Waals surface area contributed by atoms with Crippen LogP contribution >= 0.6 is 0 Å². The van der Waals surface area contributed by atoms with Crippen LogP contribution in [0.3, 0.4) is 0 Å². The third-order valence-corrected chi connectivity index (χ3v) is 4.76. The van der Waals surface area contributed by atoms with Gasteiger partial charge in [0, 0.05) is 44.0 Å². The fourth-order valence-electron chi connectivity index (χ4n) is 3.26. The fraction of sp³-hybridized carbons (Fsp3) is 0.350. The largest absolute Gasteiger partial charge is 0.497 e. The van der Waals surface area contributed by atoms with Gasteiger partial charge in [-0.25, -0.2) is 4.98 Å². The van der Waals surface area contributed by atoms with Crippen molar-refractivity contribution in [2.75, 3.05) is 30.8 Å². The molecular formula is C20H25N5O3. The standard InChI is InChI=1S/C20H25N5O3/c1-13(26)25-9-3-4-15(12-25)23-18-10-19(22-11-17(18)20(21)27)24-14-5-7-16(28-2)8-6-14/h5-8,10-11,15H,3-4,9,12H2,1-2H3,(H2,21,27)(H2,22,23,24)/t15-/m1/s1. The Labute approximate surface area is 164 Å². The number of pyridine rings is 1. The Kier molecular flexibility index (Phi) is 5.98. The summed E-state index contributed by atoms with van der Waals surface area (Å²) < 4.78 is 5.16. The Morgan fingerprint density at radius 1 is 1.29 bits per heavy atom. The zero-order valence-electron chi connectivity index (χ0n) is 16.1. The maximum Gasteiger partial charge on any atom is 0.252 e. The number of benzene rings is 1. The fourth-order valence-corrected chi connectivity index (χ4v) is 3.26. The number of carbonyl (C=O) groups excluding carboxylic acids is 2. The molecule has 1 saturated heterocycles. The first-order chi connectivity index (χ1) is 13.5. The molecule has 28 heavy (non-hydrogen) atoms. The van der Waals surface area contributed by atoms with Crippen LogP contribution in [0.25, 0.3) is 0 Å². The van der Waals surface area contributed by atoms with Crippen LogP contribution in [-0.2, 0) is 4.79 Å². The van der Waals surface area contributed by atoms with Crippen LogP contribution in [0.2, 0.25) is 0 Å². The number of hydrogen-bond acceptors (Lipinski definition) is 6. The van der Waals surface area contributed by atoms with Gasteiger partial charge in [-0.3, -0.25) is 9.59 Å². The Morgan fingerprint density at radius 3 is 2.68 bits per heavy atom. The van der Waals surface area contributed by atoms with Crippen LogP contribution in [0, 0.1) is 0 Å². The molecule has 0 radical (unpaired) electrons. The molecule has 4 N–H and O–H groups in total. The summed E-state index contributed by atoms with van der Waals surface area (Å²) in [5.74, 6) is 0.845. The van der Waals surface area contributed by atoms with Crippen molar-refractivity contribution in [2.45, 2.75) is 25.8 Å². The molecule has 1 atom stereocenters. The maximum atomic E-state index is 11.8. The summed E-state index contributed by atoms with van der Waals surface area (Å²) in [6.07, 6.45) is 3.28. The molecule has 1 fully saturated rings. The van der Waals surface area contributed by atoms with Crippen molar-refractivity contribution in [1.29, 1.82) is 0 Å². The van der Waals surface area contributed by atoms with Crippen LogP contribution in [-0.4, -0.2) is 47.9 Å². The van der Waals surface area contributed by atoms with Crippen LogP contribution in [0.15, 0.2) is 36.5 Å². The third kappa shape index (κ3) is 4.70. The second-order valence-electron chi connectivity index (χ2n) is 6.78. The zero-order valence-corrected chi connectivity index (χ0v) is 16.1. The summed E-state index contributed by atoms with van der Waals surface area (Å²) in [5.41, 5.74) is 7.28. The molecular weight excluding hydrogens is 358 g/mol. The van der Waals surface area contributed by atoms with Gasteiger partial charge in [-0.15, -0.1) is 0 Å². The molecule has 0 saturated carbocycles. The van der Waals surface area contributed by atoms with E-state index in [-0.39, 0.29) is 11.9 Å². The number of nitrogens with one attached hydrogen (secondary N) is 2. The number of nitrogens with two attached hydrogens (primary N) is 1. The van der Waals surface area contributed by atoms with Gasteiger partial charge >= 0.3 is 0 Å². The smallest absolute Gasteiger partial charge is 0.252 e. The van der Waals surface area contributed by atoms with Gasteiger partial charge < -0.3 is 26.0 Å². The molecule has 0 unspecified atom stereocenters. The average Bonchev–Trinajstić information content (AvgIpc) is 2.69. The predicted octanol–water partition coefficient (Wildman–Crippen LogP) is 2.36. The zero-order chi connectivity index (χ0) is 20.1. The molecule has 1 aliphatic heterocycles. The lowest BCUT2D eigenvalue weighted by Crippen LogP contribution is -2.44. The first-order valence-electron chi connectivity index (χ1n) is 9.19. The minimum absolute atomic E-state index is 0.0481. The number of aromatic nitrogens is 1. The van der Waals surface area contributed by atoms with Crippen molar-refractivity contribution < 1.29 is 14.3 Å². The van der Waals surface area contributed by atoms with E-state index in [1.165, 1.54) is 6.20 Å². The molecule has 2 amide bonds. The minimum Gasteiger partial charge on any atom is -0.497 e. The molecule has 1 aromatic carbocycles. The summed E-state index contributed by atoms with van der Waals surface area (Å²) in [6.45, 7) is 2.93. The van der Waals surface area contributed by atoms with Gasteiger partial charge in [0.25, 0.3) is 5.91 Å². The number of methoxy groups -OCH3 is 1. The number of nitrogens with zero attached hydrogens (tertiary/aromatic N) is 2. The van der Waals surface area contributed by atoms with Crippen molar-refractivity contribution in [3.63, 3.8) is 0 Å². The van der Waals surface area contributed by atoms with E-state index >= 15 is 0 Å². The first kappa shape index (κ1) is 19.5. The molecule has 2 heterocycles. The van der Waals surface area contributed by atoms with E-state index in [1.54, 1.807) is 20.1 Å². The highest BCUT2D eigenvalue weighted by Crippen LogP contribution is 2.25. The molecule has 3 rings (SSSR count). The summed E-state index contributed by atoms with van der Waals surface area (Å²) in [5, 5.41) is 6.57. The van der Waals surface area contributed by atoms with E-state index in [2.05, 4.69) is 15.6 Å². The van der Waals surface area contributed by atoms with Crippen LogP contribution in [0.4, 0.5) is 17.2 Å². The number of ether oxygens (including phenoxy) is 1. The van der Waals surface area contributed by atoms with E-state index in [1.807, 2.05) is 29.2 Å². The molecule has 0 bridgehead atoms. The first-order valence-corrected chi connectivity index (χ1v) is 9.19. The van der Waals surface area contributed by atoms with Gasteiger partial charge in [-0.2, -0.15) is 0 Å². The second kappa shape index (κ2) is 8.60. The maximum absolute atomic E-state index is 11.8. The Hall–Kier alpha value is -3.29. The summed E-state index contributed by atoms with van der Waals surface area (Å²) in [4.78, 5) is 29.6. The van der Waals surface area contributed by atoms with Gasteiger partial charge in [0.15, 0.2) is 0 Å². The molecule has 1 aromatic heterocycles. The lowest BCUT2D eigenvalue weighted by Gasteiger charge is -2.33. The molecule has 1 aliphatic rings. The summed E-state index contributed by atoms with van der Waals surface area (Å²) in [7, 11) is 1.61. The SMILES string of the molecule is COc1ccc(Nc2cc(N[C@@H]3CCCN(C(C)=O)C3)c(C(N)=O)cn2)cc1. The highest BCUT2D eigenvalue weighted by molar-refractivity contribution is 5.98. The monoisotopic (exact) mass is 383 g/mol. The van der Waals surface area contributed by atoms with Crippen LogP contribution in [0.5, 0.6) is 5.75 Å². The van der Waals surface area contributed by atoms with E-state index < -0.39 is 5.91 Å². The Morgan fingerprint density at radius 2 is 2.04 bits per heavy atom. The quantitative estimate of drug-likeness (QED) is 0.706. The number of primary amides is 1. The van der Waals surface area contributed by atoms with Crippen molar-refractivity contribution in [3.05, 3.63) is 42.1 Å². The van der Waals surface area contributed by atoms with Crippen molar-refractivity contribution in [3.8, 4) is 5.75 Å². The number of likely N-dealkylation sites (tertiary alicyclic amines) is 1. The number of hydrogen-bond donors (Lipinski definition) is 3. The highest BCUT2D eigenvalue weighted by Gasteiger charge is 2.23. The van der Waals surface area contributed by atoms with Gasteiger partial charge in [-0.1, -0.05) is 0 Å². The number of carbonyl (C=O) groups is 2. The third-order valence-electron chi connectivity index (χ3n) is 4.76. The lowest BCUT2D eigenvalue weighted by molar-refractivity contribution is -0.129. The number of piperidine rings is 1. The molecule has 2 aromatic rings. The topological polar surface area (TPSA) is 110 Å². The molecule has 8 heteroatoms. The molecule has 148 valence electrons. The van der Waals surface area contributed by atoms with Crippen molar-refractivity contribution in [2.24, 2.45) is 5.73 Å². The highest BCUT2D eigenvalue weighted by atomic mass is 16.5. The van der Waals surface area contributed by atoms with E-state index in [4.69, 9.17) is 10.5 Å². The normalized spacial score (nSPS) is 16.4. The molecule has 0 spiro atoms. The Balaban J connectivity index is 1.79. The average molecular weight is 383 g/mol. The Bertz CT molecular complexity index is 853. The number of rotatable bonds is 6. The summed E-state index contributed by atoms with van der Waals surface area (Å²) >= 11 is 0. The summed E-state index contributed by atoms with van der Waals surface area (Å²) in [6, 6.07) is 9.25. The van der Waals surface area contributed by atoms with Crippen molar-refractivity contribution >= 4 is 29.0 Å². The second-order valence-corrected chi connectivity index (χ2v) is 6.78. The van der Waals surface area contributed by atoms with Gasteiger partial charge in [0.05, 0.1) is 18.4 Å². The van der Waals surface area contributed by atoms with Gasteiger partial charge in [0.1, 0.15) is 11.6 Å².